The van der Waals surface area contributed by atoms with Gasteiger partial charge in [0.25, 0.3) is 5.88 Å². The standard InChI is InChI=1S/C11H14N2O4S/c1-2-8-9(16)12-3-4-18-11(12)13(10(8)17)5-7(15)6-14/h3-4,7,14-15H,2,5-6H2,1H3/p+1. The van der Waals surface area contributed by atoms with Gasteiger partial charge < -0.3 is 15.3 Å². The molecule has 2 heterocycles. The van der Waals surface area contributed by atoms with E-state index in [-0.39, 0.29) is 18.0 Å². The van der Waals surface area contributed by atoms with Gasteiger partial charge in [-0.2, -0.15) is 8.97 Å². The Morgan fingerprint density at radius 2 is 2.28 bits per heavy atom. The molecule has 0 aliphatic heterocycles. The number of aromatic nitrogens is 2. The van der Waals surface area contributed by atoms with Crippen LogP contribution in [0.5, 0.6) is 5.88 Å². The highest BCUT2D eigenvalue weighted by Gasteiger charge is 2.25. The SMILES string of the molecule is CCc1c(O)[n+](CC(O)CO)c2sccn2c1=O. The van der Waals surface area contributed by atoms with Gasteiger partial charge in [0.2, 0.25) is 0 Å². The molecule has 0 aliphatic rings. The number of aliphatic hydroxyl groups is 2. The number of fused-ring (bicyclic) bond motifs is 1. The number of aliphatic hydroxyl groups excluding tert-OH is 2. The molecule has 0 spiro atoms. The van der Waals surface area contributed by atoms with Crippen molar-refractivity contribution < 1.29 is 19.9 Å². The minimum Gasteiger partial charge on any atom is -0.477 e. The van der Waals surface area contributed by atoms with Crippen LogP contribution in [0.15, 0.2) is 16.4 Å². The number of nitrogens with zero attached hydrogens (tertiary/aromatic N) is 2. The predicted octanol–water partition coefficient (Wildman–Crippen LogP) is -0.730. The van der Waals surface area contributed by atoms with E-state index in [4.69, 9.17) is 5.11 Å². The van der Waals surface area contributed by atoms with E-state index in [1.54, 1.807) is 18.5 Å². The van der Waals surface area contributed by atoms with Gasteiger partial charge in [-0.05, 0) is 6.42 Å². The highest BCUT2D eigenvalue weighted by atomic mass is 32.1. The molecule has 0 aromatic carbocycles. The Morgan fingerprint density at radius 1 is 1.56 bits per heavy atom. The second-order valence-electron chi connectivity index (χ2n) is 3.96. The van der Waals surface area contributed by atoms with E-state index >= 15 is 0 Å². The van der Waals surface area contributed by atoms with E-state index in [1.807, 2.05) is 0 Å². The van der Waals surface area contributed by atoms with Crippen molar-refractivity contribution in [1.82, 2.24) is 4.40 Å². The van der Waals surface area contributed by atoms with Crippen LogP contribution in [0, 0.1) is 0 Å². The molecule has 2 aromatic rings. The Balaban J connectivity index is 2.70. The lowest BCUT2D eigenvalue weighted by atomic mass is 10.2. The van der Waals surface area contributed by atoms with Crippen LogP contribution in [-0.2, 0) is 13.0 Å². The van der Waals surface area contributed by atoms with Crippen molar-refractivity contribution in [2.75, 3.05) is 6.61 Å². The minimum atomic E-state index is -0.978. The van der Waals surface area contributed by atoms with Crippen LogP contribution in [-0.4, -0.2) is 32.4 Å². The highest BCUT2D eigenvalue weighted by molar-refractivity contribution is 7.14. The van der Waals surface area contributed by atoms with Crippen LogP contribution in [0.25, 0.3) is 4.96 Å². The molecule has 1 unspecified atom stereocenters. The summed E-state index contributed by atoms with van der Waals surface area (Å²) in [6.45, 7) is 1.42. The zero-order valence-corrected chi connectivity index (χ0v) is 10.7. The third kappa shape index (κ3) is 2.00. The van der Waals surface area contributed by atoms with Crippen molar-refractivity contribution >= 4 is 16.3 Å². The fraction of sp³-hybridized carbons (Fsp3) is 0.455. The molecule has 0 radical (unpaired) electrons. The van der Waals surface area contributed by atoms with Gasteiger partial charge in [0.05, 0.1) is 6.61 Å². The van der Waals surface area contributed by atoms with Crippen molar-refractivity contribution in [2.45, 2.75) is 26.0 Å². The Kier molecular flexibility index (Phi) is 3.65. The van der Waals surface area contributed by atoms with Crippen LogP contribution in [0.1, 0.15) is 12.5 Å². The molecule has 0 fully saturated rings. The van der Waals surface area contributed by atoms with Crippen molar-refractivity contribution in [3.63, 3.8) is 0 Å². The van der Waals surface area contributed by atoms with E-state index in [2.05, 4.69) is 0 Å². The summed E-state index contributed by atoms with van der Waals surface area (Å²) >= 11 is 1.29. The van der Waals surface area contributed by atoms with E-state index in [0.717, 1.165) is 0 Å². The zero-order chi connectivity index (χ0) is 13.3. The Hall–Kier alpha value is -1.44. The molecule has 0 bridgehead atoms. The van der Waals surface area contributed by atoms with Gasteiger partial charge in [-0.15, -0.1) is 0 Å². The first-order chi connectivity index (χ1) is 8.60. The summed E-state index contributed by atoms with van der Waals surface area (Å²) in [7, 11) is 0. The summed E-state index contributed by atoms with van der Waals surface area (Å²) in [4.78, 5) is 12.6. The molecular weight excluding hydrogens is 256 g/mol. The van der Waals surface area contributed by atoms with Crippen LogP contribution in [0.3, 0.4) is 0 Å². The number of aromatic hydroxyl groups is 1. The first-order valence-corrected chi connectivity index (χ1v) is 6.50. The number of hydrogen-bond acceptors (Lipinski definition) is 5. The maximum absolute atomic E-state index is 12.0. The van der Waals surface area contributed by atoms with Gasteiger partial charge in [0.15, 0.2) is 0 Å². The summed E-state index contributed by atoms with van der Waals surface area (Å²) < 4.78 is 2.89. The number of rotatable bonds is 4. The Morgan fingerprint density at radius 3 is 2.89 bits per heavy atom. The molecule has 18 heavy (non-hydrogen) atoms. The van der Waals surface area contributed by atoms with Gasteiger partial charge in [0.1, 0.15) is 24.4 Å². The number of thiazole rings is 1. The van der Waals surface area contributed by atoms with Crippen molar-refractivity contribution in [2.24, 2.45) is 0 Å². The van der Waals surface area contributed by atoms with Crippen LogP contribution < -0.4 is 10.1 Å². The molecule has 2 aromatic heterocycles. The molecular formula is C11H15N2O4S+. The highest BCUT2D eigenvalue weighted by Crippen LogP contribution is 2.13. The van der Waals surface area contributed by atoms with Gasteiger partial charge in [-0.1, -0.05) is 18.3 Å². The van der Waals surface area contributed by atoms with E-state index in [0.29, 0.717) is 16.9 Å². The van der Waals surface area contributed by atoms with Gasteiger partial charge in [-0.3, -0.25) is 0 Å². The smallest absolute Gasteiger partial charge is 0.351 e. The average molecular weight is 271 g/mol. The quantitative estimate of drug-likeness (QED) is 0.640. The third-order valence-electron chi connectivity index (χ3n) is 2.78. The molecule has 98 valence electrons. The van der Waals surface area contributed by atoms with Gasteiger partial charge in [-0.25, -0.2) is 4.79 Å². The molecule has 7 heteroatoms. The molecule has 0 aliphatic carbocycles. The largest absolute Gasteiger partial charge is 0.477 e. The van der Waals surface area contributed by atoms with E-state index < -0.39 is 12.7 Å². The second-order valence-corrected chi connectivity index (χ2v) is 4.84. The fourth-order valence-corrected chi connectivity index (χ4v) is 2.71. The molecule has 6 nitrogen and oxygen atoms in total. The van der Waals surface area contributed by atoms with Crippen molar-refractivity contribution in [1.29, 1.82) is 0 Å². The lowest BCUT2D eigenvalue weighted by molar-refractivity contribution is -0.686. The monoisotopic (exact) mass is 271 g/mol. The summed E-state index contributed by atoms with van der Waals surface area (Å²) in [6, 6.07) is 0. The van der Waals surface area contributed by atoms with Crippen LogP contribution in [0.2, 0.25) is 0 Å². The first kappa shape index (κ1) is 13.0. The van der Waals surface area contributed by atoms with Crippen molar-refractivity contribution in [3.05, 3.63) is 27.5 Å². The zero-order valence-electron chi connectivity index (χ0n) is 9.91. The van der Waals surface area contributed by atoms with E-state index in [1.165, 1.54) is 20.3 Å². The summed E-state index contributed by atoms with van der Waals surface area (Å²) in [5, 5.41) is 30.2. The molecule has 0 amide bonds. The first-order valence-electron chi connectivity index (χ1n) is 5.62. The summed E-state index contributed by atoms with van der Waals surface area (Å²) in [5.74, 6) is -0.141. The van der Waals surface area contributed by atoms with Gasteiger partial charge >= 0.3 is 10.5 Å². The summed E-state index contributed by atoms with van der Waals surface area (Å²) in [6.07, 6.45) is 1.05. The maximum Gasteiger partial charge on any atom is 0.351 e. The van der Waals surface area contributed by atoms with E-state index in [9.17, 15) is 15.0 Å². The Labute approximate surface area is 107 Å². The number of hydrogen-bond donors (Lipinski definition) is 3. The maximum atomic E-state index is 12.0. The molecule has 0 saturated heterocycles. The van der Waals surface area contributed by atoms with Crippen LogP contribution in [0.4, 0.5) is 0 Å². The minimum absolute atomic E-state index is 0.0413. The third-order valence-corrected chi connectivity index (χ3v) is 3.67. The molecule has 1 atom stereocenters. The summed E-state index contributed by atoms with van der Waals surface area (Å²) in [5.41, 5.74) is 0.0528. The molecule has 3 N–H and O–H groups in total. The van der Waals surface area contributed by atoms with Crippen molar-refractivity contribution in [3.8, 4) is 5.88 Å². The topological polar surface area (TPSA) is 86.1 Å². The normalized spacial score (nSPS) is 13.1. The Bertz CT molecular complexity index is 619. The second kappa shape index (κ2) is 5.05. The van der Waals surface area contributed by atoms with Crippen LogP contribution >= 0.6 is 11.3 Å². The lowest BCUT2D eigenvalue weighted by Crippen LogP contribution is -2.45. The lowest BCUT2D eigenvalue weighted by Gasteiger charge is -2.09. The molecule has 0 saturated carbocycles. The predicted molar refractivity (Wildman–Crippen MR) is 65.9 cm³/mol. The van der Waals surface area contributed by atoms with Gasteiger partial charge in [0, 0.05) is 5.38 Å². The molecule has 2 rings (SSSR count). The average Bonchev–Trinajstić information content (AvgIpc) is 2.84. The fourth-order valence-electron chi connectivity index (χ4n) is 1.86.